The molecule has 2 fully saturated rings. The number of rotatable bonds is 2. The number of hydrogen-bond donors (Lipinski definition) is 2. The minimum atomic E-state index is -1.23. The zero-order chi connectivity index (χ0) is 25.7. The molecule has 190 valence electrons. The van der Waals surface area contributed by atoms with Crippen LogP contribution in [0.15, 0.2) is 35.5 Å². The van der Waals surface area contributed by atoms with Crippen molar-refractivity contribution in [2.24, 2.45) is 39.4 Å². The molecule has 0 bridgehead atoms. The van der Waals surface area contributed by atoms with Crippen LogP contribution in [0.4, 0.5) is 0 Å². The van der Waals surface area contributed by atoms with Crippen LogP contribution in [-0.2, 0) is 23.9 Å². The number of aliphatic hydroxyl groups is 2. The number of hydrogen-bond acceptors (Lipinski definition) is 7. The monoisotopic (exact) mass is 484 g/mol. The second kappa shape index (κ2) is 7.39. The molecule has 0 spiro atoms. The largest absolute Gasteiger partial charge is 0.459 e. The van der Waals surface area contributed by atoms with Crippen molar-refractivity contribution in [1.82, 2.24) is 0 Å². The molecule has 0 radical (unpaired) electrons. The summed E-state index contributed by atoms with van der Waals surface area (Å²) in [5, 5.41) is 21.8. The van der Waals surface area contributed by atoms with Crippen LogP contribution in [0.2, 0.25) is 0 Å². The summed E-state index contributed by atoms with van der Waals surface area (Å²) < 4.78 is 10.9. The first kappa shape index (κ1) is 24.4. The first-order valence-electron chi connectivity index (χ1n) is 12.6. The molecule has 0 aromatic carbocycles. The van der Waals surface area contributed by atoms with Crippen LogP contribution in [-0.4, -0.2) is 46.4 Å². The SMILES string of the molecule is CC(=O)O[C@@H]1[C@H](O)[C@H]2C(C)(C)C(=O)C=C[C@]2(C)[C@H]2CC[C@]3(C)C(=CC[C@H]3C3=CC(O)OC3=O)[C@]12C. The minimum Gasteiger partial charge on any atom is -0.459 e. The lowest BCUT2D eigenvalue weighted by Gasteiger charge is -2.67. The molecule has 2 saturated carbocycles. The number of aliphatic hydroxyl groups excluding tert-OH is 2. The summed E-state index contributed by atoms with van der Waals surface area (Å²) in [6.07, 6.45) is 6.34. The molecular weight excluding hydrogens is 448 g/mol. The van der Waals surface area contributed by atoms with Crippen molar-refractivity contribution in [2.75, 3.05) is 0 Å². The van der Waals surface area contributed by atoms with Gasteiger partial charge < -0.3 is 19.7 Å². The molecule has 7 heteroatoms. The Morgan fingerprint density at radius 3 is 2.43 bits per heavy atom. The maximum Gasteiger partial charge on any atom is 0.336 e. The van der Waals surface area contributed by atoms with Crippen LogP contribution in [0, 0.1) is 39.4 Å². The molecule has 35 heavy (non-hydrogen) atoms. The van der Waals surface area contributed by atoms with E-state index < -0.39 is 58.0 Å². The maximum atomic E-state index is 12.9. The highest BCUT2D eigenvalue weighted by molar-refractivity contribution is 5.96. The molecule has 5 rings (SSSR count). The van der Waals surface area contributed by atoms with E-state index in [0.29, 0.717) is 12.0 Å². The van der Waals surface area contributed by atoms with Crippen molar-refractivity contribution >= 4 is 17.7 Å². The van der Waals surface area contributed by atoms with Gasteiger partial charge in [-0.3, -0.25) is 9.59 Å². The Kier molecular flexibility index (Phi) is 5.16. The van der Waals surface area contributed by atoms with Crippen LogP contribution in [0.25, 0.3) is 0 Å². The average molecular weight is 485 g/mol. The predicted molar refractivity (Wildman–Crippen MR) is 126 cm³/mol. The highest BCUT2D eigenvalue weighted by Gasteiger charge is 2.71. The van der Waals surface area contributed by atoms with Gasteiger partial charge >= 0.3 is 11.9 Å². The summed E-state index contributed by atoms with van der Waals surface area (Å²) >= 11 is 0. The molecule has 5 aliphatic rings. The number of fused-ring (bicyclic) bond motifs is 5. The van der Waals surface area contributed by atoms with Crippen LogP contribution < -0.4 is 0 Å². The van der Waals surface area contributed by atoms with E-state index in [1.807, 2.05) is 19.9 Å². The fraction of sp³-hybridized carbons (Fsp3) is 0.679. The Bertz CT molecular complexity index is 1100. The lowest BCUT2D eigenvalue weighted by atomic mass is 9.37. The lowest BCUT2D eigenvalue weighted by Crippen LogP contribution is -2.70. The molecule has 0 amide bonds. The van der Waals surface area contributed by atoms with Crippen molar-refractivity contribution in [3.05, 3.63) is 35.5 Å². The van der Waals surface area contributed by atoms with Gasteiger partial charge in [-0.2, -0.15) is 0 Å². The topological polar surface area (TPSA) is 110 Å². The molecule has 1 aliphatic heterocycles. The van der Waals surface area contributed by atoms with Gasteiger partial charge in [-0.1, -0.05) is 52.3 Å². The normalized spacial score (nSPS) is 47.8. The van der Waals surface area contributed by atoms with E-state index in [1.54, 1.807) is 6.08 Å². The number of carbonyl (C=O) groups is 3. The van der Waals surface area contributed by atoms with Crippen LogP contribution >= 0.6 is 0 Å². The van der Waals surface area contributed by atoms with Gasteiger partial charge in [0.1, 0.15) is 6.10 Å². The van der Waals surface area contributed by atoms with E-state index in [9.17, 15) is 24.6 Å². The van der Waals surface area contributed by atoms with Gasteiger partial charge in [-0.15, -0.1) is 0 Å². The van der Waals surface area contributed by atoms with Crippen LogP contribution in [0.5, 0.6) is 0 Å². The van der Waals surface area contributed by atoms with Gasteiger partial charge in [-0.25, -0.2) is 4.79 Å². The molecular formula is C28H36O7. The zero-order valence-corrected chi connectivity index (χ0v) is 21.3. The van der Waals surface area contributed by atoms with Gasteiger partial charge in [0.15, 0.2) is 5.78 Å². The molecule has 9 atom stereocenters. The predicted octanol–water partition coefficient (Wildman–Crippen LogP) is 3.25. The smallest absolute Gasteiger partial charge is 0.336 e. The van der Waals surface area contributed by atoms with E-state index in [-0.39, 0.29) is 17.6 Å². The number of carbonyl (C=O) groups excluding carboxylic acids is 3. The number of cyclic esters (lactones) is 1. The summed E-state index contributed by atoms with van der Waals surface area (Å²) in [5.74, 6) is -1.57. The summed E-state index contributed by atoms with van der Waals surface area (Å²) in [5.41, 5.74) is -0.878. The molecule has 7 nitrogen and oxygen atoms in total. The second-order valence-corrected chi connectivity index (χ2v) is 12.4. The summed E-state index contributed by atoms with van der Waals surface area (Å²) in [7, 11) is 0. The number of esters is 2. The first-order valence-corrected chi connectivity index (χ1v) is 12.6. The quantitative estimate of drug-likeness (QED) is 0.457. The van der Waals surface area contributed by atoms with Crippen LogP contribution in [0.1, 0.15) is 60.8 Å². The van der Waals surface area contributed by atoms with E-state index in [1.165, 1.54) is 13.0 Å². The fourth-order valence-electron chi connectivity index (χ4n) is 9.00. The molecule has 1 heterocycles. The van der Waals surface area contributed by atoms with Crippen molar-refractivity contribution in [3.8, 4) is 0 Å². The van der Waals surface area contributed by atoms with E-state index in [4.69, 9.17) is 9.47 Å². The molecule has 0 aromatic rings. The Balaban J connectivity index is 1.66. The highest BCUT2D eigenvalue weighted by atomic mass is 16.6. The number of allylic oxidation sites excluding steroid dienone is 3. The van der Waals surface area contributed by atoms with Gasteiger partial charge in [0, 0.05) is 35.2 Å². The molecule has 2 N–H and O–H groups in total. The average Bonchev–Trinajstić information content (AvgIpc) is 3.26. The van der Waals surface area contributed by atoms with E-state index in [2.05, 4.69) is 26.8 Å². The third kappa shape index (κ3) is 3.00. The Labute approximate surface area is 206 Å². The maximum absolute atomic E-state index is 12.9. The Hall–Kier alpha value is -2.25. The number of ketones is 1. The standard InChI is InChI=1S/C28H36O7/c1-14(29)34-23-21(32)22-25(2,3)19(30)10-12-27(22,5)18-9-11-26(4)16(7-8-17(26)28(18,23)6)15-13-20(31)35-24(15)33/h8,10,12-13,16,18,20-23,31-32H,7,9,11H2,1-6H3/t16-,18+,20?,21+,22-,23+,26-,27+,28-/m0/s1. The Morgan fingerprint density at radius 1 is 1.14 bits per heavy atom. The third-order valence-corrected chi connectivity index (χ3v) is 10.3. The second-order valence-electron chi connectivity index (χ2n) is 12.4. The number of ether oxygens (including phenoxy) is 2. The van der Waals surface area contributed by atoms with E-state index in [0.717, 1.165) is 18.4 Å². The summed E-state index contributed by atoms with van der Waals surface area (Å²) in [4.78, 5) is 37.8. The van der Waals surface area contributed by atoms with Crippen molar-refractivity contribution in [1.29, 1.82) is 0 Å². The highest BCUT2D eigenvalue weighted by Crippen LogP contribution is 2.72. The fourth-order valence-corrected chi connectivity index (χ4v) is 9.00. The van der Waals surface area contributed by atoms with Crippen molar-refractivity contribution in [2.45, 2.75) is 79.3 Å². The molecule has 1 unspecified atom stereocenters. The van der Waals surface area contributed by atoms with Gasteiger partial charge in [0.25, 0.3) is 0 Å². The van der Waals surface area contributed by atoms with Gasteiger partial charge in [0.05, 0.1) is 6.10 Å². The minimum absolute atomic E-state index is 0.00421. The van der Waals surface area contributed by atoms with Gasteiger partial charge in [0.2, 0.25) is 6.29 Å². The Morgan fingerprint density at radius 2 is 1.83 bits per heavy atom. The van der Waals surface area contributed by atoms with Crippen LogP contribution in [0.3, 0.4) is 0 Å². The van der Waals surface area contributed by atoms with Crippen molar-refractivity contribution in [3.63, 3.8) is 0 Å². The zero-order valence-electron chi connectivity index (χ0n) is 21.3. The molecule has 0 aromatic heterocycles. The van der Waals surface area contributed by atoms with Gasteiger partial charge in [-0.05, 0) is 48.2 Å². The van der Waals surface area contributed by atoms with E-state index >= 15 is 0 Å². The first-order chi connectivity index (χ1) is 16.2. The lowest BCUT2D eigenvalue weighted by molar-refractivity contribution is -0.228. The molecule has 0 saturated heterocycles. The third-order valence-electron chi connectivity index (χ3n) is 10.3. The summed E-state index contributed by atoms with van der Waals surface area (Å²) in [6, 6.07) is 0. The summed E-state index contributed by atoms with van der Waals surface area (Å²) in [6.45, 7) is 11.4. The van der Waals surface area contributed by atoms with Crippen molar-refractivity contribution < 1.29 is 34.1 Å². The molecule has 4 aliphatic carbocycles.